The van der Waals surface area contributed by atoms with Crippen LogP contribution in [0.1, 0.15) is 130 Å². The topological polar surface area (TPSA) is 74.6 Å². The van der Waals surface area contributed by atoms with Crippen LogP contribution in [0.2, 0.25) is 0 Å². The van der Waals surface area contributed by atoms with Crippen molar-refractivity contribution in [2.45, 2.75) is 130 Å². The molecule has 1 aliphatic rings. The number of carboxylic acid groups (broad SMARTS) is 2. The van der Waals surface area contributed by atoms with Crippen LogP contribution in [0.4, 0.5) is 0 Å². The fraction of sp³-hybridized carbons (Fsp3) is 0.923. The molecule has 0 aromatic rings. The molecule has 1 saturated carbocycles. The van der Waals surface area contributed by atoms with Crippen LogP contribution in [0.3, 0.4) is 0 Å². The number of hydrogen-bond acceptors (Lipinski definition) is 2. The fourth-order valence-corrected chi connectivity index (χ4v) is 6.24. The quantitative estimate of drug-likeness (QED) is 0.249. The van der Waals surface area contributed by atoms with Gasteiger partial charge in [0.1, 0.15) is 0 Å². The van der Waals surface area contributed by atoms with Gasteiger partial charge in [0.15, 0.2) is 0 Å². The lowest BCUT2D eigenvalue weighted by molar-refractivity contribution is -0.195. The third-order valence-corrected chi connectivity index (χ3v) is 8.12. The van der Waals surface area contributed by atoms with Crippen LogP contribution < -0.4 is 0 Å². The van der Waals surface area contributed by atoms with Crippen molar-refractivity contribution in [1.29, 1.82) is 0 Å². The molecule has 1 aliphatic carbocycles. The molecule has 0 heterocycles. The first kappa shape index (κ1) is 27.0. The normalized spacial score (nSPS) is 26.3. The fourth-order valence-electron chi connectivity index (χ4n) is 6.24. The molecule has 0 aliphatic heterocycles. The van der Waals surface area contributed by atoms with Gasteiger partial charge in [-0.15, -0.1) is 0 Å². The van der Waals surface area contributed by atoms with E-state index in [0.717, 1.165) is 51.4 Å². The van der Waals surface area contributed by atoms with Gasteiger partial charge < -0.3 is 10.2 Å². The molecule has 4 heteroatoms. The van der Waals surface area contributed by atoms with Crippen LogP contribution in [0, 0.1) is 22.7 Å². The number of hydrogen-bond donors (Lipinski definition) is 2. The number of carbonyl (C=O) groups is 2. The van der Waals surface area contributed by atoms with Gasteiger partial charge in [0.2, 0.25) is 0 Å². The monoisotopic (exact) mass is 424 g/mol. The molecule has 0 spiro atoms. The SMILES string of the molecule is CCCCCCCC(C)C1(C(=O)O)CCCCC1(C(=O)O)C(C)CCCCCCC. The Morgan fingerprint density at radius 1 is 0.667 bits per heavy atom. The average Bonchev–Trinajstić information content (AvgIpc) is 2.72. The standard InChI is InChI=1S/C26H48O4/c1-5-7-9-11-13-17-21(3)25(23(27)28)19-15-16-20-26(25,24(29)30)22(4)18-14-12-10-8-6-2/h21-22H,5-20H2,1-4H3,(H,27,28)(H,29,30). The van der Waals surface area contributed by atoms with Crippen LogP contribution >= 0.6 is 0 Å². The van der Waals surface area contributed by atoms with E-state index in [1.807, 2.05) is 13.8 Å². The molecular formula is C26H48O4. The van der Waals surface area contributed by atoms with Crippen molar-refractivity contribution in [3.05, 3.63) is 0 Å². The van der Waals surface area contributed by atoms with E-state index in [0.29, 0.717) is 12.8 Å². The van der Waals surface area contributed by atoms with Crippen LogP contribution in [0.25, 0.3) is 0 Å². The van der Waals surface area contributed by atoms with E-state index in [1.54, 1.807) is 0 Å². The first-order chi connectivity index (χ1) is 14.3. The molecular weight excluding hydrogens is 376 g/mol. The van der Waals surface area contributed by atoms with Crippen LogP contribution in [-0.4, -0.2) is 22.2 Å². The molecule has 0 bridgehead atoms. The summed E-state index contributed by atoms with van der Waals surface area (Å²) >= 11 is 0. The van der Waals surface area contributed by atoms with Gasteiger partial charge in [-0.2, -0.15) is 0 Å². The summed E-state index contributed by atoms with van der Waals surface area (Å²) in [6.07, 6.45) is 15.7. The largest absolute Gasteiger partial charge is 0.481 e. The van der Waals surface area contributed by atoms with Crippen LogP contribution in [0.15, 0.2) is 0 Å². The Morgan fingerprint density at radius 3 is 1.30 bits per heavy atom. The highest BCUT2D eigenvalue weighted by Crippen LogP contribution is 2.61. The molecule has 4 atom stereocenters. The van der Waals surface area contributed by atoms with Crippen molar-refractivity contribution in [3.8, 4) is 0 Å². The molecule has 0 aromatic carbocycles. The number of aliphatic carboxylic acids is 2. The zero-order chi connectivity index (χ0) is 22.6. The number of rotatable bonds is 16. The highest BCUT2D eigenvalue weighted by molar-refractivity contribution is 5.87. The molecule has 176 valence electrons. The maximum atomic E-state index is 12.8. The van der Waals surface area contributed by atoms with Crippen molar-refractivity contribution in [2.24, 2.45) is 22.7 Å². The third-order valence-electron chi connectivity index (χ3n) is 8.12. The summed E-state index contributed by atoms with van der Waals surface area (Å²) in [4.78, 5) is 25.7. The number of carboxylic acids is 2. The second-order valence-corrected chi connectivity index (χ2v) is 9.97. The van der Waals surface area contributed by atoms with E-state index < -0.39 is 22.8 Å². The Morgan fingerprint density at radius 2 is 1.00 bits per heavy atom. The molecule has 0 saturated heterocycles. The maximum absolute atomic E-state index is 12.8. The molecule has 30 heavy (non-hydrogen) atoms. The summed E-state index contributed by atoms with van der Waals surface area (Å²) in [7, 11) is 0. The van der Waals surface area contributed by atoms with Crippen molar-refractivity contribution in [2.75, 3.05) is 0 Å². The molecule has 0 amide bonds. The Kier molecular flexibility index (Phi) is 12.0. The minimum absolute atomic E-state index is 0.115. The Balaban J connectivity index is 3.08. The van der Waals surface area contributed by atoms with Gasteiger partial charge in [0.05, 0.1) is 10.8 Å². The van der Waals surface area contributed by atoms with E-state index in [2.05, 4.69) is 13.8 Å². The summed E-state index contributed by atoms with van der Waals surface area (Å²) in [5.74, 6) is -1.97. The van der Waals surface area contributed by atoms with Crippen molar-refractivity contribution in [1.82, 2.24) is 0 Å². The minimum atomic E-state index is -1.15. The van der Waals surface area contributed by atoms with Gasteiger partial charge >= 0.3 is 11.9 Å². The van der Waals surface area contributed by atoms with Gasteiger partial charge in [0.25, 0.3) is 0 Å². The highest BCUT2D eigenvalue weighted by Gasteiger charge is 2.66. The molecule has 4 nitrogen and oxygen atoms in total. The van der Waals surface area contributed by atoms with E-state index in [4.69, 9.17) is 0 Å². The van der Waals surface area contributed by atoms with Gasteiger partial charge in [0, 0.05) is 0 Å². The van der Waals surface area contributed by atoms with E-state index in [9.17, 15) is 19.8 Å². The second-order valence-electron chi connectivity index (χ2n) is 9.97. The van der Waals surface area contributed by atoms with Crippen LogP contribution in [0.5, 0.6) is 0 Å². The van der Waals surface area contributed by atoms with Crippen molar-refractivity contribution < 1.29 is 19.8 Å². The lowest BCUT2D eigenvalue weighted by Gasteiger charge is -2.54. The van der Waals surface area contributed by atoms with Gasteiger partial charge in [-0.25, -0.2) is 0 Å². The van der Waals surface area contributed by atoms with Crippen LogP contribution in [-0.2, 0) is 9.59 Å². The second kappa shape index (κ2) is 13.4. The van der Waals surface area contributed by atoms with Crippen molar-refractivity contribution in [3.63, 3.8) is 0 Å². The lowest BCUT2D eigenvalue weighted by Crippen LogP contribution is -2.60. The minimum Gasteiger partial charge on any atom is -0.481 e. The smallest absolute Gasteiger partial charge is 0.311 e. The molecule has 4 unspecified atom stereocenters. The molecule has 0 radical (unpaired) electrons. The van der Waals surface area contributed by atoms with E-state index in [-0.39, 0.29) is 11.8 Å². The first-order valence-corrected chi connectivity index (χ1v) is 12.8. The summed E-state index contributed by atoms with van der Waals surface area (Å²) < 4.78 is 0. The Labute approximate surface area is 185 Å². The molecule has 2 N–H and O–H groups in total. The third kappa shape index (κ3) is 6.01. The zero-order valence-electron chi connectivity index (χ0n) is 20.2. The summed E-state index contributed by atoms with van der Waals surface area (Å²) in [6, 6.07) is 0. The summed E-state index contributed by atoms with van der Waals surface area (Å²) in [6.45, 7) is 8.42. The van der Waals surface area contributed by atoms with E-state index >= 15 is 0 Å². The molecule has 1 rings (SSSR count). The van der Waals surface area contributed by atoms with Gasteiger partial charge in [-0.05, 0) is 37.5 Å². The first-order valence-electron chi connectivity index (χ1n) is 12.8. The predicted octanol–water partition coefficient (Wildman–Crippen LogP) is 7.70. The van der Waals surface area contributed by atoms with Gasteiger partial charge in [-0.3, -0.25) is 9.59 Å². The zero-order valence-corrected chi connectivity index (χ0v) is 20.2. The summed E-state index contributed by atoms with van der Waals surface area (Å²) in [5, 5.41) is 21.0. The predicted molar refractivity (Wildman–Crippen MR) is 124 cm³/mol. The summed E-state index contributed by atoms with van der Waals surface area (Å²) in [5.41, 5.74) is -2.30. The molecule has 0 aromatic heterocycles. The van der Waals surface area contributed by atoms with Gasteiger partial charge in [-0.1, -0.05) is 105 Å². The molecule has 1 fully saturated rings. The average molecular weight is 425 g/mol. The lowest BCUT2D eigenvalue weighted by atomic mass is 9.46. The Bertz CT molecular complexity index is 471. The van der Waals surface area contributed by atoms with Crippen molar-refractivity contribution >= 4 is 11.9 Å². The Hall–Kier alpha value is -1.06. The van der Waals surface area contributed by atoms with E-state index in [1.165, 1.54) is 38.5 Å². The number of unbranched alkanes of at least 4 members (excludes halogenated alkanes) is 8. The highest BCUT2D eigenvalue weighted by atomic mass is 16.4. The maximum Gasteiger partial charge on any atom is 0.311 e.